The molecule has 0 aliphatic carbocycles. The summed E-state index contributed by atoms with van der Waals surface area (Å²) >= 11 is -0.106. The molecule has 502 valence electrons. The summed E-state index contributed by atoms with van der Waals surface area (Å²) in [5.74, 6) is 0. The number of fused-ring (bicyclic) bond motifs is 14. The van der Waals surface area contributed by atoms with Crippen molar-refractivity contribution in [2.75, 3.05) is 14.7 Å². The van der Waals surface area contributed by atoms with E-state index in [1.807, 2.05) is 0 Å². The number of furan rings is 1. The zero-order valence-electron chi connectivity index (χ0n) is 59.9. The van der Waals surface area contributed by atoms with E-state index in [1.165, 1.54) is 86.0 Å². The van der Waals surface area contributed by atoms with Crippen molar-refractivity contribution < 1.29 is 4.42 Å². The molecule has 15 aromatic carbocycles. The zero-order chi connectivity index (χ0) is 70.8. The van der Waals surface area contributed by atoms with Gasteiger partial charge >= 0.3 is 495 Å². The number of nitrogens with zero attached hydrogens (tertiary/aromatic N) is 4. The van der Waals surface area contributed by atoms with Crippen LogP contribution in [0.4, 0.5) is 51.2 Å². The second-order valence-electron chi connectivity index (χ2n) is 31.0. The second kappa shape index (κ2) is 23.7. The average Bonchev–Trinajstić information content (AvgIpc) is 0.765. The van der Waals surface area contributed by atoms with Crippen molar-refractivity contribution in [2.45, 2.75) is 52.4 Å². The topological polar surface area (TPSA) is 27.8 Å². The SMILES string of the molecule is CC(C)(C)c1cc2c3c(c1)N(c1c(-c4ccccc4)cccc1-c1ccccc1)c1cc4c(cc1B3c1ccc(-n3c5ccccc5c5ccccc53)cc1[Se]2)B1c2ccccc2N(c2c(-c3ccccc3)cccc2-c2ccccc2)c2cc(C(C)(C)C)cc(c21)N4c1cccc2c1oc1ccccc12. The summed E-state index contributed by atoms with van der Waals surface area (Å²) in [4.78, 5) is 8.04. The quantitative estimate of drug-likeness (QED) is 0.142. The van der Waals surface area contributed by atoms with E-state index in [1.54, 1.807) is 0 Å². The van der Waals surface area contributed by atoms with Crippen LogP contribution in [0.2, 0.25) is 0 Å². The van der Waals surface area contributed by atoms with Crippen LogP contribution < -0.4 is 56.4 Å². The Morgan fingerprint density at radius 3 is 1.29 bits per heavy atom. The van der Waals surface area contributed by atoms with E-state index in [4.69, 9.17) is 4.42 Å². The number of para-hydroxylation sites is 7. The van der Waals surface area contributed by atoms with Crippen LogP contribution in [-0.4, -0.2) is 32.9 Å². The summed E-state index contributed by atoms with van der Waals surface area (Å²) in [6.45, 7) is 13.9. The van der Waals surface area contributed by atoms with Crippen LogP contribution in [-0.2, 0) is 10.8 Å². The van der Waals surface area contributed by atoms with Crippen molar-refractivity contribution in [2.24, 2.45) is 0 Å². The number of aromatic nitrogens is 1. The fraction of sp³-hybridized carbons (Fsp3) is 0.0816. The van der Waals surface area contributed by atoms with E-state index in [9.17, 15) is 0 Å². The molecule has 0 spiro atoms. The van der Waals surface area contributed by atoms with Gasteiger partial charge in [0, 0.05) is 0 Å². The predicted molar refractivity (Wildman–Crippen MR) is 452 cm³/mol. The van der Waals surface area contributed by atoms with Gasteiger partial charge < -0.3 is 0 Å². The van der Waals surface area contributed by atoms with Crippen LogP contribution in [0, 0.1) is 0 Å². The molecule has 2 aromatic heterocycles. The first-order chi connectivity index (χ1) is 51.9. The maximum absolute atomic E-state index is 7.38. The summed E-state index contributed by atoms with van der Waals surface area (Å²) in [5, 5.41) is 4.69. The van der Waals surface area contributed by atoms with Crippen molar-refractivity contribution in [1.82, 2.24) is 4.57 Å². The van der Waals surface area contributed by atoms with E-state index < -0.39 is 0 Å². The van der Waals surface area contributed by atoms with Gasteiger partial charge in [-0.3, -0.25) is 0 Å². The van der Waals surface area contributed by atoms with Gasteiger partial charge in [-0.05, 0) is 17.2 Å². The molecule has 0 saturated carbocycles. The standard InChI is InChI=1S/C98H72B2N4OSe/c1-97(2,3)65-54-86-92-87(55-65)103(94-68(61-30-11-7-12-31-61)41-27-42-69(94)62-32-13-8-14-33-62)82-49-25-22-46-76(82)99(92)78-59-79-85(60-84(78)102(86)83-50-29-45-75-74-40-21-26-51-89(74)105-96(75)83)104(95-70(63-34-15-9-16-35-63)43-28-44-71(95)64-36-17-10-18-37-64)88-56-66(98(4,5)6)57-91-93(88)100(79)77-53-52-67(58-90(77)106-91)101-80-47-23-19-38-72(80)73-39-20-24-48-81(73)101/h7-60H,1-6H3. The molecule has 0 unspecified atom stereocenters. The average molecular weight is 1420 g/mol. The fourth-order valence-electron chi connectivity index (χ4n) is 18.0. The van der Waals surface area contributed by atoms with Gasteiger partial charge in [-0.15, -0.1) is 0 Å². The summed E-state index contributed by atoms with van der Waals surface area (Å²) in [6.07, 6.45) is 0. The minimum atomic E-state index is -0.298. The van der Waals surface area contributed by atoms with E-state index in [-0.39, 0.29) is 39.2 Å². The van der Waals surface area contributed by atoms with Gasteiger partial charge in [0.1, 0.15) is 0 Å². The molecule has 0 bridgehead atoms. The van der Waals surface area contributed by atoms with Crippen LogP contribution >= 0.6 is 0 Å². The number of hydrogen-bond acceptors (Lipinski definition) is 4. The van der Waals surface area contributed by atoms with Crippen molar-refractivity contribution >= 4 is 165 Å². The smallest absolute Gasteiger partial charge is 0.0614 e. The Hall–Kier alpha value is -12.1. The van der Waals surface area contributed by atoms with E-state index >= 15 is 0 Å². The minimum Gasteiger partial charge on any atom is -0.0614 e. The van der Waals surface area contributed by atoms with Crippen molar-refractivity contribution in [3.8, 4) is 50.2 Å². The molecule has 0 N–H and O–H groups in total. The molecule has 8 heteroatoms. The molecule has 0 radical (unpaired) electrons. The van der Waals surface area contributed by atoms with E-state index in [0.717, 1.165) is 112 Å². The summed E-state index contributed by atoms with van der Waals surface area (Å²) < 4.78 is 12.7. The molecular formula is C98H72B2N4OSe. The Morgan fingerprint density at radius 2 is 0.726 bits per heavy atom. The Bertz CT molecular complexity index is 6320. The third kappa shape index (κ3) is 9.50. The van der Waals surface area contributed by atoms with Gasteiger partial charge in [0.15, 0.2) is 0 Å². The first-order valence-electron chi connectivity index (χ1n) is 37.1. The zero-order valence-corrected chi connectivity index (χ0v) is 61.7. The summed E-state index contributed by atoms with van der Waals surface area (Å²) in [6, 6.07) is 124. The first-order valence-corrected chi connectivity index (χ1v) is 38.8. The van der Waals surface area contributed by atoms with Gasteiger partial charge in [-0.1, -0.05) is 118 Å². The maximum atomic E-state index is 7.38. The Balaban J connectivity index is 0.920. The van der Waals surface area contributed by atoms with Gasteiger partial charge in [0.25, 0.3) is 0 Å². The molecule has 0 fully saturated rings. The van der Waals surface area contributed by atoms with Crippen molar-refractivity contribution in [3.05, 3.63) is 339 Å². The first kappa shape index (κ1) is 62.5. The molecule has 21 rings (SSSR count). The van der Waals surface area contributed by atoms with Crippen LogP contribution in [0.3, 0.4) is 0 Å². The van der Waals surface area contributed by atoms with E-state index in [2.05, 4.69) is 388 Å². The Kier molecular flexibility index (Phi) is 14.0. The molecule has 17 aromatic rings. The third-order valence-electron chi connectivity index (χ3n) is 22.9. The van der Waals surface area contributed by atoms with Crippen LogP contribution in [0.5, 0.6) is 0 Å². The summed E-state index contributed by atoms with van der Waals surface area (Å²) in [7, 11) is 0. The van der Waals surface area contributed by atoms with Crippen molar-refractivity contribution in [3.63, 3.8) is 0 Å². The van der Waals surface area contributed by atoms with Crippen LogP contribution in [0.15, 0.2) is 332 Å². The van der Waals surface area contributed by atoms with Crippen LogP contribution in [0.1, 0.15) is 52.7 Å². The van der Waals surface area contributed by atoms with E-state index in [0.29, 0.717) is 0 Å². The minimum absolute atomic E-state index is 0.106. The number of anilines is 9. The molecule has 4 aliphatic heterocycles. The third-order valence-corrected chi connectivity index (χ3v) is 25.3. The fourth-order valence-corrected chi connectivity index (χ4v) is 20.6. The van der Waals surface area contributed by atoms with Crippen molar-refractivity contribution in [1.29, 1.82) is 0 Å². The number of benzene rings is 15. The Morgan fingerprint density at radius 1 is 0.292 bits per heavy atom. The van der Waals surface area contributed by atoms with Gasteiger partial charge in [-0.2, -0.15) is 0 Å². The van der Waals surface area contributed by atoms with Crippen LogP contribution in [0.25, 0.3) is 93.9 Å². The molecule has 5 nitrogen and oxygen atoms in total. The molecule has 6 heterocycles. The monoisotopic (exact) mass is 1420 g/mol. The van der Waals surface area contributed by atoms with Gasteiger partial charge in [0.2, 0.25) is 0 Å². The number of rotatable bonds is 8. The second-order valence-corrected chi connectivity index (χ2v) is 33.3. The number of hydrogen-bond donors (Lipinski definition) is 0. The predicted octanol–water partition coefficient (Wildman–Crippen LogP) is 20.3. The molecule has 0 atom stereocenters. The summed E-state index contributed by atoms with van der Waals surface area (Å²) in [5.41, 5.74) is 34.6. The molecule has 106 heavy (non-hydrogen) atoms. The van der Waals surface area contributed by atoms with Gasteiger partial charge in [-0.25, -0.2) is 0 Å². The van der Waals surface area contributed by atoms with Gasteiger partial charge in [0.05, 0.1) is 0 Å². The normalized spacial score (nSPS) is 13.4. The molecule has 0 saturated heterocycles. The molecule has 4 aliphatic rings. The molecule has 0 amide bonds. The Labute approximate surface area is 625 Å². The molecular weight excluding hydrogens is 1350 g/mol.